The van der Waals surface area contributed by atoms with Crippen molar-refractivity contribution < 1.29 is 14.3 Å². The molecule has 2 aromatic carbocycles. The number of rotatable bonds is 6. The van der Waals surface area contributed by atoms with E-state index in [-0.39, 0.29) is 12.5 Å². The van der Waals surface area contributed by atoms with Crippen molar-refractivity contribution in [3.8, 4) is 17.2 Å². The Morgan fingerprint density at radius 1 is 1.10 bits per heavy atom. The van der Waals surface area contributed by atoms with Crippen LogP contribution in [0.5, 0.6) is 17.2 Å². The van der Waals surface area contributed by atoms with Gasteiger partial charge in [0.2, 0.25) is 0 Å². The summed E-state index contributed by atoms with van der Waals surface area (Å²) in [5, 5.41) is 3.28. The van der Waals surface area contributed by atoms with Gasteiger partial charge in [0, 0.05) is 17.4 Å². The van der Waals surface area contributed by atoms with Crippen molar-refractivity contribution in [2.24, 2.45) is 0 Å². The van der Waals surface area contributed by atoms with Crippen molar-refractivity contribution in [1.29, 1.82) is 0 Å². The molecule has 0 bridgehead atoms. The molecule has 2 aromatic heterocycles. The molecule has 0 atom stereocenters. The standard InChI is InChI=1S/C22H18ClN3O3/c1-15-13-26-11-5-8-20(22(26)24-15)28-14-21(27)25-18-12-16(23)9-10-19(18)29-17-6-3-2-4-7-17/h2-13H,14H2,1H3,(H,25,27). The van der Waals surface area contributed by atoms with Gasteiger partial charge in [-0.05, 0) is 49.4 Å². The predicted octanol–water partition coefficient (Wildman–Crippen LogP) is 5.11. The lowest BCUT2D eigenvalue weighted by atomic mass is 10.2. The van der Waals surface area contributed by atoms with E-state index in [1.165, 1.54) is 0 Å². The molecular formula is C22H18ClN3O3. The molecule has 7 heteroatoms. The second-order valence-electron chi connectivity index (χ2n) is 6.38. The fourth-order valence-electron chi connectivity index (χ4n) is 2.86. The van der Waals surface area contributed by atoms with Crippen molar-refractivity contribution in [2.45, 2.75) is 6.92 Å². The number of ether oxygens (including phenoxy) is 2. The Balaban J connectivity index is 1.47. The molecule has 4 rings (SSSR count). The Bertz CT molecular complexity index is 1160. The third-order valence-corrected chi connectivity index (χ3v) is 4.35. The normalized spacial score (nSPS) is 10.7. The van der Waals surface area contributed by atoms with E-state index in [0.717, 1.165) is 5.69 Å². The summed E-state index contributed by atoms with van der Waals surface area (Å²) < 4.78 is 13.4. The second-order valence-corrected chi connectivity index (χ2v) is 6.81. The van der Waals surface area contributed by atoms with E-state index in [4.69, 9.17) is 21.1 Å². The summed E-state index contributed by atoms with van der Waals surface area (Å²) in [6.45, 7) is 1.72. The van der Waals surface area contributed by atoms with Crippen molar-refractivity contribution in [1.82, 2.24) is 9.38 Å². The SMILES string of the molecule is Cc1cn2cccc(OCC(=O)Nc3cc(Cl)ccc3Oc3ccccc3)c2n1. The third-order valence-electron chi connectivity index (χ3n) is 4.11. The molecule has 146 valence electrons. The van der Waals surface area contributed by atoms with Gasteiger partial charge in [0.05, 0.1) is 11.4 Å². The van der Waals surface area contributed by atoms with Crippen LogP contribution < -0.4 is 14.8 Å². The fourth-order valence-corrected chi connectivity index (χ4v) is 3.03. The molecule has 2 heterocycles. The average Bonchev–Trinajstić information content (AvgIpc) is 3.10. The molecule has 1 amide bonds. The zero-order valence-corrected chi connectivity index (χ0v) is 16.4. The predicted molar refractivity (Wildman–Crippen MR) is 112 cm³/mol. The monoisotopic (exact) mass is 407 g/mol. The second kappa shape index (κ2) is 8.24. The number of nitrogens with zero attached hydrogens (tertiary/aromatic N) is 2. The molecule has 0 aliphatic carbocycles. The number of fused-ring (bicyclic) bond motifs is 1. The molecule has 0 aliphatic rings. The van der Waals surface area contributed by atoms with Crippen LogP contribution in [-0.4, -0.2) is 21.9 Å². The maximum Gasteiger partial charge on any atom is 0.262 e. The average molecular weight is 408 g/mol. The molecule has 0 fully saturated rings. The van der Waals surface area contributed by atoms with Gasteiger partial charge in [0.15, 0.2) is 23.8 Å². The Morgan fingerprint density at radius 3 is 2.76 bits per heavy atom. The van der Waals surface area contributed by atoms with Crippen LogP contribution in [0.1, 0.15) is 5.69 Å². The van der Waals surface area contributed by atoms with E-state index in [1.54, 1.807) is 24.3 Å². The van der Waals surface area contributed by atoms with Crippen LogP contribution >= 0.6 is 11.6 Å². The zero-order chi connectivity index (χ0) is 20.2. The first-order valence-electron chi connectivity index (χ1n) is 8.98. The fraction of sp³-hybridized carbons (Fsp3) is 0.0909. The number of amides is 1. The van der Waals surface area contributed by atoms with E-state index in [0.29, 0.717) is 33.6 Å². The van der Waals surface area contributed by atoms with Crippen molar-refractivity contribution in [3.63, 3.8) is 0 Å². The van der Waals surface area contributed by atoms with Crippen molar-refractivity contribution in [2.75, 3.05) is 11.9 Å². The van der Waals surface area contributed by atoms with Crippen LogP contribution in [0.3, 0.4) is 0 Å². The van der Waals surface area contributed by atoms with Crippen LogP contribution in [0.15, 0.2) is 73.1 Å². The van der Waals surface area contributed by atoms with Crippen LogP contribution in [0.25, 0.3) is 5.65 Å². The van der Waals surface area contributed by atoms with Gasteiger partial charge in [0.25, 0.3) is 5.91 Å². The van der Waals surface area contributed by atoms with Gasteiger partial charge >= 0.3 is 0 Å². The number of imidazole rings is 1. The van der Waals surface area contributed by atoms with Crippen LogP contribution in [0.2, 0.25) is 5.02 Å². The summed E-state index contributed by atoms with van der Waals surface area (Å²) in [6, 6.07) is 18.0. The minimum atomic E-state index is -0.338. The summed E-state index contributed by atoms with van der Waals surface area (Å²) in [7, 11) is 0. The molecule has 4 aromatic rings. The summed E-state index contributed by atoms with van der Waals surface area (Å²) in [5.41, 5.74) is 1.99. The number of aryl methyl sites for hydroxylation is 1. The highest BCUT2D eigenvalue weighted by molar-refractivity contribution is 6.31. The highest BCUT2D eigenvalue weighted by atomic mass is 35.5. The molecule has 0 unspecified atom stereocenters. The summed E-state index contributed by atoms with van der Waals surface area (Å²) in [6.07, 6.45) is 3.77. The first-order valence-corrected chi connectivity index (χ1v) is 9.36. The number of hydrogen-bond acceptors (Lipinski definition) is 4. The molecule has 1 N–H and O–H groups in total. The van der Waals surface area contributed by atoms with Gasteiger partial charge in [-0.25, -0.2) is 4.98 Å². The minimum absolute atomic E-state index is 0.178. The largest absolute Gasteiger partial charge is 0.480 e. The Morgan fingerprint density at radius 2 is 1.93 bits per heavy atom. The molecule has 29 heavy (non-hydrogen) atoms. The molecule has 0 spiro atoms. The highest BCUT2D eigenvalue weighted by Gasteiger charge is 2.12. The Kier molecular flexibility index (Phi) is 5.35. The zero-order valence-electron chi connectivity index (χ0n) is 15.6. The lowest BCUT2D eigenvalue weighted by Gasteiger charge is -2.13. The number of carbonyl (C=O) groups is 1. The maximum absolute atomic E-state index is 12.5. The van der Waals surface area contributed by atoms with E-state index < -0.39 is 0 Å². The number of aromatic nitrogens is 2. The van der Waals surface area contributed by atoms with Gasteiger partial charge in [-0.3, -0.25) is 4.79 Å². The highest BCUT2D eigenvalue weighted by Crippen LogP contribution is 2.32. The number of halogens is 1. The molecular weight excluding hydrogens is 390 g/mol. The lowest BCUT2D eigenvalue weighted by Crippen LogP contribution is -2.20. The number of benzene rings is 2. The summed E-state index contributed by atoms with van der Waals surface area (Å²) >= 11 is 6.09. The molecule has 6 nitrogen and oxygen atoms in total. The number of anilines is 1. The maximum atomic E-state index is 12.5. The van der Waals surface area contributed by atoms with E-state index in [2.05, 4.69) is 10.3 Å². The quantitative estimate of drug-likeness (QED) is 0.482. The number of nitrogens with one attached hydrogen (secondary N) is 1. The Labute approximate surface area is 172 Å². The smallest absolute Gasteiger partial charge is 0.262 e. The van der Waals surface area contributed by atoms with Gasteiger partial charge < -0.3 is 19.2 Å². The van der Waals surface area contributed by atoms with E-state index >= 15 is 0 Å². The van der Waals surface area contributed by atoms with Gasteiger partial charge in [0.1, 0.15) is 5.75 Å². The minimum Gasteiger partial charge on any atom is -0.480 e. The number of pyridine rings is 1. The number of para-hydroxylation sites is 1. The first-order chi connectivity index (χ1) is 14.1. The summed E-state index contributed by atoms with van der Waals surface area (Å²) in [4.78, 5) is 16.9. The number of hydrogen-bond donors (Lipinski definition) is 1. The van der Waals surface area contributed by atoms with Crippen LogP contribution in [-0.2, 0) is 4.79 Å². The van der Waals surface area contributed by atoms with Crippen molar-refractivity contribution >= 4 is 28.8 Å². The number of carbonyl (C=O) groups excluding carboxylic acids is 1. The Hall–Kier alpha value is -3.51. The van der Waals surface area contributed by atoms with Gasteiger partial charge in [-0.1, -0.05) is 29.8 Å². The molecule has 0 saturated carbocycles. The van der Waals surface area contributed by atoms with Gasteiger partial charge in [-0.2, -0.15) is 0 Å². The van der Waals surface area contributed by atoms with Crippen LogP contribution in [0.4, 0.5) is 5.69 Å². The van der Waals surface area contributed by atoms with Crippen LogP contribution in [0, 0.1) is 6.92 Å². The third kappa shape index (κ3) is 4.50. The summed E-state index contributed by atoms with van der Waals surface area (Å²) in [5.74, 6) is 1.33. The van der Waals surface area contributed by atoms with E-state index in [9.17, 15) is 4.79 Å². The molecule has 0 saturated heterocycles. The lowest BCUT2D eigenvalue weighted by molar-refractivity contribution is -0.118. The first kappa shape index (κ1) is 18.8. The van der Waals surface area contributed by atoms with E-state index in [1.807, 2.05) is 60.1 Å². The van der Waals surface area contributed by atoms with Gasteiger partial charge in [-0.15, -0.1) is 0 Å². The molecule has 0 aliphatic heterocycles. The molecule has 0 radical (unpaired) electrons. The van der Waals surface area contributed by atoms with Crippen molar-refractivity contribution in [3.05, 3.63) is 83.8 Å². The topological polar surface area (TPSA) is 64.9 Å².